The molecule has 0 radical (unpaired) electrons. The fourth-order valence-corrected chi connectivity index (χ4v) is 3.45. The van der Waals surface area contributed by atoms with Crippen LogP contribution in [0.2, 0.25) is 0 Å². The number of carboxylic acid groups (broad SMARTS) is 1. The van der Waals surface area contributed by atoms with Gasteiger partial charge in [0.2, 0.25) is 0 Å². The average Bonchev–Trinajstić information content (AvgIpc) is 2.75. The van der Waals surface area contributed by atoms with Crippen molar-refractivity contribution in [2.24, 2.45) is 0 Å². The molecule has 30 heavy (non-hydrogen) atoms. The van der Waals surface area contributed by atoms with Crippen LogP contribution in [0, 0.1) is 5.82 Å². The summed E-state index contributed by atoms with van der Waals surface area (Å²) < 4.78 is 13.9. The summed E-state index contributed by atoms with van der Waals surface area (Å²) in [5.41, 5.74) is 2.90. The van der Waals surface area contributed by atoms with Gasteiger partial charge in [-0.2, -0.15) is 0 Å². The van der Waals surface area contributed by atoms with Gasteiger partial charge in [0.25, 0.3) is 5.91 Å². The van der Waals surface area contributed by atoms with Gasteiger partial charge in [0.05, 0.1) is 11.1 Å². The standard InChI is InChI=1S/C25H24FNO3/c26-22-16-8-7-15-21(22)24(28)27-23-17-9-5-13-19(23)12-3-1-2-10-18-11-4-6-14-20(18)25(29)30/h4-9,11,13-17H,1-3,10,12H2,(H,27,28)(H,29,30). The van der Waals surface area contributed by atoms with Crippen LogP contribution in [0.25, 0.3) is 0 Å². The van der Waals surface area contributed by atoms with Crippen LogP contribution in [0.1, 0.15) is 51.1 Å². The van der Waals surface area contributed by atoms with Crippen molar-refractivity contribution in [3.05, 3.63) is 101 Å². The molecule has 5 heteroatoms. The van der Waals surface area contributed by atoms with Gasteiger partial charge >= 0.3 is 5.97 Å². The van der Waals surface area contributed by atoms with Crippen molar-refractivity contribution in [2.45, 2.75) is 32.1 Å². The van der Waals surface area contributed by atoms with E-state index >= 15 is 0 Å². The Labute approximate surface area is 175 Å². The summed E-state index contributed by atoms with van der Waals surface area (Å²) in [4.78, 5) is 23.7. The third kappa shape index (κ3) is 5.54. The van der Waals surface area contributed by atoms with E-state index in [2.05, 4.69) is 5.32 Å². The van der Waals surface area contributed by atoms with Crippen molar-refractivity contribution in [1.29, 1.82) is 0 Å². The number of rotatable bonds is 9. The molecule has 3 aromatic rings. The van der Waals surface area contributed by atoms with E-state index in [4.69, 9.17) is 0 Å². The van der Waals surface area contributed by atoms with Crippen LogP contribution in [-0.4, -0.2) is 17.0 Å². The number of carbonyl (C=O) groups is 2. The van der Waals surface area contributed by atoms with Gasteiger partial charge in [-0.15, -0.1) is 0 Å². The van der Waals surface area contributed by atoms with Crippen molar-refractivity contribution in [1.82, 2.24) is 0 Å². The molecule has 0 atom stereocenters. The number of halogens is 1. The lowest BCUT2D eigenvalue weighted by Crippen LogP contribution is -2.14. The maximum Gasteiger partial charge on any atom is 0.335 e. The molecule has 0 heterocycles. The summed E-state index contributed by atoms with van der Waals surface area (Å²) in [6.07, 6.45) is 4.21. The van der Waals surface area contributed by atoms with Gasteiger partial charge in [-0.05, 0) is 61.1 Å². The van der Waals surface area contributed by atoms with E-state index in [1.165, 1.54) is 12.1 Å². The van der Waals surface area contributed by atoms with Gasteiger partial charge in [0, 0.05) is 5.69 Å². The number of unbranched alkanes of at least 4 members (excludes halogenated alkanes) is 2. The Morgan fingerprint density at radius 3 is 2.00 bits per heavy atom. The third-order valence-corrected chi connectivity index (χ3v) is 5.02. The Morgan fingerprint density at radius 1 is 0.733 bits per heavy atom. The molecule has 0 aromatic heterocycles. The number of hydrogen-bond donors (Lipinski definition) is 2. The lowest BCUT2D eigenvalue weighted by Gasteiger charge is -2.12. The molecule has 0 aliphatic rings. The first kappa shape index (κ1) is 21.2. The highest BCUT2D eigenvalue weighted by atomic mass is 19.1. The molecule has 2 N–H and O–H groups in total. The fraction of sp³-hybridized carbons (Fsp3) is 0.200. The predicted molar refractivity (Wildman–Crippen MR) is 115 cm³/mol. The molecule has 0 aliphatic heterocycles. The molecular weight excluding hydrogens is 381 g/mol. The van der Waals surface area contributed by atoms with E-state index in [0.29, 0.717) is 17.7 Å². The van der Waals surface area contributed by atoms with Crippen LogP contribution >= 0.6 is 0 Å². The van der Waals surface area contributed by atoms with E-state index in [1.807, 2.05) is 36.4 Å². The minimum atomic E-state index is -0.898. The second kappa shape index (κ2) is 10.3. The van der Waals surface area contributed by atoms with E-state index in [-0.39, 0.29) is 5.56 Å². The van der Waals surface area contributed by atoms with E-state index in [9.17, 15) is 19.1 Å². The van der Waals surface area contributed by atoms with Gasteiger partial charge in [0.1, 0.15) is 5.82 Å². The Kier molecular flexibility index (Phi) is 7.33. The minimum Gasteiger partial charge on any atom is -0.478 e. The first-order valence-corrected chi connectivity index (χ1v) is 10.0. The molecule has 154 valence electrons. The maximum atomic E-state index is 13.9. The molecule has 4 nitrogen and oxygen atoms in total. The number of aromatic carboxylic acids is 1. The second-order valence-electron chi connectivity index (χ2n) is 7.11. The zero-order valence-corrected chi connectivity index (χ0v) is 16.6. The molecule has 3 rings (SSSR count). The van der Waals surface area contributed by atoms with E-state index < -0.39 is 17.7 Å². The summed E-state index contributed by atoms with van der Waals surface area (Å²) in [6, 6.07) is 20.5. The quantitative estimate of drug-likeness (QED) is 0.447. The lowest BCUT2D eigenvalue weighted by atomic mass is 9.99. The first-order chi connectivity index (χ1) is 14.6. The van der Waals surface area contributed by atoms with Gasteiger partial charge in [0.15, 0.2) is 0 Å². The molecule has 0 aliphatic carbocycles. The zero-order chi connectivity index (χ0) is 21.3. The number of carboxylic acids is 1. The van der Waals surface area contributed by atoms with Gasteiger partial charge < -0.3 is 10.4 Å². The molecule has 1 amide bonds. The highest BCUT2D eigenvalue weighted by molar-refractivity contribution is 6.04. The fourth-order valence-electron chi connectivity index (χ4n) is 3.45. The van der Waals surface area contributed by atoms with Gasteiger partial charge in [-0.1, -0.05) is 55.0 Å². The summed E-state index contributed by atoms with van der Waals surface area (Å²) in [5.74, 6) is -1.91. The predicted octanol–water partition coefficient (Wildman–Crippen LogP) is 5.73. The van der Waals surface area contributed by atoms with Crippen LogP contribution in [0.15, 0.2) is 72.8 Å². The SMILES string of the molecule is O=C(Nc1ccccc1CCCCCc1ccccc1C(=O)O)c1ccccc1F. The first-order valence-electron chi connectivity index (χ1n) is 10.0. The van der Waals surface area contributed by atoms with Crippen molar-refractivity contribution in [2.75, 3.05) is 5.32 Å². The Bertz CT molecular complexity index is 1030. The Hall–Kier alpha value is -3.47. The maximum absolute atomic E-state index is 13.9. The number of nitrogens with one attached hydrogen (secondary N) is 1. The summed E-state index contributed by atoms with van der Waals surface area (Å²) in [5, 5.41) is 12.1. The Balaban J connectivity index is 1.54. The van der Waals surface area contributed by atoms with Crippen molar-refractivity contribution in [3.8, 4) is 0 Å². The highest BCUT2D eigenvalue weighted by Gasteiger charge is 2.13. The van der Waals surface area contributed by atoms with E-state index in [1.54, 1.807) is 24.3 Å². The number of aryl methyl sites for hydroxylation is 2. The van der Waals surface area contributed by atoms with Gasteiger partial charge in [-0.25, -0.2) is 9.18 Å². The minimum absolute atomic E-state index is 0.0180. The number of para-hydroxylation sites is 1. The summed E-state index contributed by atoms with van der Waals surface area (Å²) >= 11 is 0. The third-order valence-electron chi connectivity index (χ3n) is 5.02. The molecule has 0 unspecified atom stereocenters. The smallest absolute Gasteiger partial charge is 0.335 e. The number of carbonyl (C=O) groups excluding carboxylic acids is 1. The van der Waals surface area contributed by atoms with Crippen molar-refractivity contribution < 1.29 is 19.1 Å². The zero-order valence-electron chi connectivity index (χ0n) is 16.6. The van der Waals surface area contributed by atoms with E-state index in [0.717, 1.165) is 36.8 Å². The molecule has 0 fully saturated rings. The van der Waals surface area contributed by atoms with Crippen LogP contribution in [0.3, 0.4) is 0 Å². The number of benzene rings is 3. The molecule has 0 bridgehead atoms. The molecular formula is C25H24FNO3. The largest absolute Gasteiger partial charge is 0.478 e. The molecule has 3 aromatic carbocycles. The number of hydrogen-bond acceptors (Lipinski definition) is 2. The highest BCUT2D eigenvalue weighted by Crippen LogP contribution is 2.20. The number of amides is 1. The van der Waals surface area contributed by atoms with Crippen molar-refractivity contribution >= 4 is 17.6 Å². The molecule has 0 saturated heterocycles. The van der Waals surface area contributed by atoms with Crippen LogP contribution in [0.5, 0.6) is 0 Å². The summed E-state index contributed by atoms with van der Waals surface area (Å²) in [7, 11) is 0. The Morgan fingerprint density at radius 2 is 1.30 bits per heavy atom. The average molecular weight is 405 g/mol. The summed E-state index contributed by atoms with van der Waals surface area (Å²) in [6.45, 7) is 0. The van der Waals surface area contributed by atoms with Crippen LogP contribution in [0.4, 0.5) is 10.1 Å². The lowest BCUT2D eigenvalue weighted by molar-refractivity contribution is 0.0695. The van der Waals surface area contributed by atoms with Crippen LogP contribution < -0.4 is 5.32 Å². The monoisotopic (exact) mass is 405 g/mol. The van der Waals surface area contributed by atoms with Crippen molar-refractivity contribution in [3.63, 3.8) is 0 Å². The topological polar surface area (TPSA) is 66.4 Å². The van der Waals surface area contributed by atoms with Gasteiger partial charge in [-0.3, -0.25) is 4.79 Å². The normalized spacial score (nSPS) is 10.6. The molecule has 0 spiro atoms. The van der Waals surface area contributed by atoms with Crippen LogP contribution in [-0.2, 0) is 12.8 Å². The number of anilines is 1. The molecule has 0 saturated carbocycles. The second-order valence-corrected chi connectivity index (χ2v) is 7.11.